The van der Waals surface area contributed by atoms with E-state index in [1.165, 1.54) is 0 Å². The van der Waals surface area contributed by atoms with Crippen LogP contribution in [0.1, 0.15) is 53.4 Å². The molecule has 0 saturated carbocycles. The monoisotopic (exact) mass is 360 g/mol. The minimum atomic E-state index is -0.0622. The molecule has 2 amide bonds. The van der Waals surface area contributed by atoms with E-state index in [1.54, 1.807) is 0 Å². The highest BCUT2D eigenvalue weighted by atomic mass is 16.5. The van der Waals surface area contributed by atoms with Gasteiger partial charge >= 0.3 is 0 Å². The number of para-hydroxylation sites is 2. The van der Waals surface area contributed by atoms with Gasteiger partial charge in [0.2, 0.25) is 11.8 Å². The lowest BCUT2D eigenvalue weighted by Gasteiger charge is -2.33. The summed E-state index contributed by atoms with van der Waals surface area (Å²) in [5.74, 6) is 0.995. The van der Waals surface area contributed by atoms with Crippen LogP contribution in [-0.4, -0.2) is 35.9 Å². The molecule has 1 saturated heterocycles. The fourth-order valence-electron chi connectivity index (χ4n) is 3.42. The quantitative estimate of drug-likeness (QED) is 0.797. The van der Waals surface area contributed by atoms with Gasteiger partial charge in [0.1, 0.15) is 5.75 Å². The highest BCUT2D eigenvalue weighted by molar-refractivity contribution is 5.94. The molecule has 0 aliphatic carbocycles. The van der Waals surface area contributed by atoms with Crippen LogP contribution in [0.4, 0.5) is 5.69 Å². The van der Waals surface area contributed by atoms with Gasteiger partial charge in [-0.25, -0.2) is 0 Å². The summed E-state index contributed by atoms with van der Waals surface area (Å²) in [6, 6.07) is 7.52. The van der Waals surface area contributed by atoms with Gasteiger partial charge in [0.25, 0.3) is 0 Å². The van der Waals surface area contributed by atoms with E-state index in [1.807, 2.05) is 43.0 Å². The van der Waals surface area contributed by atoms with Gasteiger partial charge in [0.05, 0.1) is 11.8 Å². The Balaban J connectivity index is 1.92. The molecule has 1 aromatic rings. The van der Waals surface area contributed by atoms with Gasteiger partial charge in [-0.2, -0.15) is 0 Å². The summed E-state index contributed by atoms with van der Waals surface area (Å²) >= 11 is 0. The van der Waals surface area contributed by atoms with Gasteiger partial charge in [0, 0.05) is 24.9 Å². The lowest BCUT2D eigenvalue weighted by molar-refractivity contribution is -0.138. The highest BCUT2D eigenvalue weighted by Crippen LogP contribution is 2.27. The summed E-state index contributed by atoms with van der Waals surface area (Å²) in [5, 5.41) is 3.01. The molecule has 2 rings (SSSR count). The topological polar surface area (TPSA) is 58.6 Å². The van der Waals surface area contributed by atoms with Crippen molar-refractivity contribution in [3.05, 3.63) is 24.3 Å². The van der Waals surface area contributed by atoms with Gasteiger partial charge in [-0.15, -0.1) is 0 Å². The molecule has 5 heteroatoms. The molecule has 0 unspecified atom stereocenters. The van der Waals surface area contributed by atoms with E-state index in [2.05, 4.69) is 19.2 Å². The molecular weight excluding hydrogens is 328 g/mol. The van der Waals surface area contributed by atoms with Crippen molar-refractivity contribution in [2.75, 3.05) is 18.4 Å². The summed E-state index contributed by atoms with van der Waals surface area (Å²) in [6.07, 6.45) is 3.23. The van der Waals surface area contributed by atoms with Crippen LogP contribution in [0.2, 0.25) is 0 Å². The molecule has 1 fully saturated rings. The Bertz CT molecular complexity index is 603. The van der Waals surface area contributed by atoms with E-state index in [-0.39, 0.29) is 29.8 Å². The number of hydrogen-bond donors (Lipinski definition) is 1. The summed E-state index contributed by atoms with van der Waals surface area (Å²) in [5.41, 5.74) is 0.710. The fourth-order valence-corrected chi connectivity index (χ4v) is 3.42. The van der Waals surface area contributed by atoms with Crippen molar-refractivity contribution in [3.8, 4) is 5.75 Å². The Labute approximate surface area is 157 Å². The number of rotatable bonds is 7. The lowest BCUT2D eigenvalue weighted by Crippen LogP contribution is -2.43. The number of likely N-dealkylation sites (tertiary alicyclic amines) is 1. The van der Waals surface area contributed by atoms with Crippen molar-refractivity contribution in [2.45, 2.75) is 59.5 Å². The molecular formula is C21H32N2O3. The van der Waals surface area contributed by atoms with E-state index in [4.69, 9.17) is 4.74 Å². The molecule has 1 N–H and O–H groups in total. The van der Waals surface area contributed by atoms with Crippen LogP contribution in [-0.2, 0) is 9.59 Å². The first-order chi connectivity index (χ1) is 12.5. The van der Waals surface area contributed by atoms with Crippen molar-refractivity contribution in [1.29, 1.82) is 0 Å². The third-order valence-electron chi connectivity index (χ3n) is 5.02. The van der Waals surface area contributed by atoms with E-state index in [0.29, 0.717) is 37.4 Å². The lowest BCUT2D eigenvalue weighted by atomic mass is 9.93. The van der Waals surface area contributed by atoms with Crippen molar-refractivity contribution in [2.24, 2.45) is 11.8 Å². The summed E-state index contributed by atoms with van der Waals surface area (Å²) in [7, 11) is 0. The van der Waals surface area contributed by atoms with Crippen molar-refractivity contribution in [3.63, 3.8) is 0 Å². The number of anilines is 1. The number of ether oxygens (including phenoxy) is 1. The van der Waals surface area contributed by atoms with E-state index >= 15 is 0 Å². The second-order valence-corrected chi connectivity index (χ2v) is 7.26. The Morgan fingerprint density at radius 1 is 1.15 bits per heavy atom. The van der Waals surface area contributed by atoms with Gasteiger partial charge in [-0.3, -0.25) is 9.59 Å². The molecule has 144 valence electrons. The Morgan fingerprint density at radius 2 is 1.77 bits per heavy atom. The molecule has 0 radical (unpaired) electrons. The number of benzene rings is 1. The molecule has 0 bridgehead atoms. The number of carbonyl (C=O) groups is 2. The molecule has 1 aliphatic heterocycles. The number of nitrogens with one attached hydrogen (secondary N) is 1. The smallest absolute Gasteiger partial charge is 0.227 e. The molecule has 1 aliphatic rings. The van der Waals surface area contributed by atoms with Crippen LogP contribution >= 0.6 is 0 Å². The van der Waals surface area contributed by atoms with Crippen LogP contribution in [0, 0.1) is 11.8 Å². The number of piperidine rings is 1. The molecule has 0 spiro atoms. The summed E-state index contributed by atoms with van der Waals surface area (Å²) in [6.45, 7) is 9.37. The number of hydrogen-bond acceptors (Lipinski definition) is 3. The standard InChI is InChI=1S/C21H32N2O3/c1-5-16(6-2)21(25)23-13-11-17(12-14-23)20(24)22-18-9-7-8-10-19(18)26-15(3)4/h7-10,15-17H,5-6,11-14H2,1-4H3,(H,22,24). The number of nitrogens with zero attached hydrogens (tertiary/aromatic N) is 1. The van der Waals surface area contributed by atoms with Crippen LogP contribution in [0.5, 0.6) is 5.75 Å². The normalized spacial score (nSPS) is 15.4. The van der Waals surface area contributed by atoms with Gasteiger partial charge < -0.3 is 15.0 Å². The third-order valence-corrected chi connectivity index (χ3v) is 5.02. The fraction of sp³-hybridized carbons (Fsp3) is 0.619. The average molecular weight is 360 g/mol. The third kappa shape index (κ3) is 5.23. The number of carbonyl (C=O) groups excluding carboxylic acids is 2. The molecule has 26 heavy (non-hydrogen) atoms. The van der Waals surface area contributed by atoms with Gasteiger partial charge in [0.15, 0.2) is 0 Å². The zero-order valence-electron chi connectivity index (χ0n) is 16.5. The predicted molar refractivity (Wildman–Crippen MR) is 104 cm³/mol. The minimum absolute atomic E-state index is 0.0134. The SMILES string of the molecule is CCC(CC)C(=O)N1CCC(C(=O)Nc2ccccc2OC(C)C)CC1. The second-order valence-electron chi connectivity index (χ2n) is 7.26. The van der Waals surface area contributed by atoms with E-state index in [9.17, 15) is 9.59 Å². The predicted octanol–water partition coefficient (Wildman–Crippen LogP) is 4.09. The molecule has 5 nitrogen and oxygen atoms in total. The van der Waals surface area contributed by atoms with Crippen LogP contribution in [0.3, 0.4) is 0 Å². The molecule has 1 aromatic carbocycles. The maximum absolute atomic E-state index is 12.7. The zero-order chi connectivity index (χ0) is 19.1. The maximum Gasteiger partial charge on any atom is 0.227 e. The number of amides is 2. The molecule has 1 heterocycles. The molecule has 0 aromatic heterocycles. The van der Waals surface area contributed by atoms with Gasteiger partial charge in [-0.1, -0.05) is 26.0 Å². The Kier molecular flexibility index (Phi) is 7.49. The summed E-state index contributed by atoms with van der Waals surface area (Å²) in [4.78, 5) is 27.1. The van der Waals surface area contributed by atoms with Crippen LogP contribution < -0.4 is 10.1 Å². The van der Waals surface area contributed by atoms with E-state index < -0.39 is 0 Å². The average Bonchev–Trinajstić information content (AvgIpc) is 2.64. The Hall–Kier alpha value is -2.04. The molecule has 0 atom stereocenters. The van der Waals surface area contributed by atoms with Crippen LogP contribution in [0.25, 0.3) is 0 Å². The van der Waals surface area contributed by atoms with Crippen LogP contribution in [0.15, 0.2) is 24.3 Å². The first kappa shape index (κ1) is 20.3. The largest absolute Gasteiger partial charge is 0.489 e. The highest BCUT2D eigenvalue weighted by Gasteiger charge is 2.29. The first-order valence-corrected chi connectivity index (χ1v) is 9.81. The summed E-state index contributed by atoms with van der Waals surface area (Å²) < 4.78 is 5.77. The minimum Gasteiger partial charge on any atom is -0.489 e. The first-order valence-electron chi connectivity index (χ1n) is 9.81. The van der Waals surface area contributed by atoms with Crippen molar-refractivity contribution >= 4 is 17.5 Å². The zero-order valence-corrected chi connectivity index (χ0v) is 16.5. The maximum atomic E-state index is 12.7. The van der Waals surface area contributed by atoms with E-state index in [0.717, 1.165) is 12.8 Å². The van der Waals surface area contributed by atoms with Gasteiger partial charge in [-0.05, 0) is 51.7 Å². The Morgan fingerprint density at radius 3 is 2.35 bits per heavy atom. The van der Waals surface area contributed by atoms with Crippen molar-refractivity contribution < 1.29 is 14.3 Å². The van der Waals surface area contributed by atoms with Crippen molar-refractivity contribution in [1.82, 2.24) is 4.90 Å². The second kappa shape index (κ2) is 9.60.